The molecule has 0 fully saturated rings. The van der Waals surface area contributed by atoms with E-state index in [4.69, 9.17) is 94.7 Å². The van der Waals surface area contributed by atoms with E-state index in [1.807, 2.05) is 62.3 Å². The number of pyridine rings is 1. The van der Waals surface area contributed by atoms with Gasteiger partial charge in [0.05, 0.1) is 136 Å². The van der Waals surface area contributed by atoms with Crippen molar-refractivity contribution in [2.24, 2.45) is 0 Å². The third-order valence-electron chi connectivity index (χ3n) is 18.7. The highest BCUT2D eigenvalue weighted by Crippen LogP contribution is 2.47. The van der Waals surface area contributed by atoms with Crippen molar-refractivity contribution < 1.29 is 92.8 Å². The van der Waals surface area contributed by atoms with Crippen LogP contribution in [0.2, 0.25) is 30.1 Å². The van der Waals surface area contributed by atoms with Gasteiger partial charge in [-0.1, -0.05) is 132 Å². The predicted octanol–water partition coefficient (Wildman–Crippen LogP) is 22.4. The van der Waals surface area contributed by atoms with Crippen molar-refractivity contribution in [3.05, 3.63) is 254 Å². The molecule has 48 heteroatoms. The molecule has 5 heterocycles. The Balaban J connectivity index is 0.000000196. The average molecular weight is 2090 g/mol. The summed E-state index contributed by atoms with van der Waals surface area (Å²) in [5.41, 5.74) is 9.15. The number of nitrogens with zero attached hydrogens (tertiary/aromatic N) is 4. The van der Waals surface area contributed by atoms with Crippen LogP contribution in [0.25, 0.3) is 40.3 Å². The van der Waals surface area contributed by atoms with E-state index in [0.717, 1.165) is 86.3 Å². The monoisotopic (exact) mass is 2080 g/mol. The van der Waals surface area contributed by atoms with Crippen molar-refractivity contribution in [2.75, 3.05) is 88.4 Å². The van der Waals surface area contributed by atoms with E-state index in [0.29, 0.717) is 89.0 Å². The minimum atomic E-state index is -3.62. The lowest BCUT2D eigenvalue weighted by molar-refractivity contribution is -0.384. The van der Waals surface area contributed by atoms with Gasteiger partial charge in [0.1, 0.15) is 24.9 Å². The number of aromatic nitrogens is 1. The molecule has 0 bridgehead atoms. The number of ether oxygens (including phenoxy) is 4. The zero-order valence-electron chi connectivity index (χ0n) is 73.3. The molecule has 5 aromatic heterocycles. The number of anilines is 8. The molecule has 0 saturated heterocycles. The molecule has 13 aromatic rings. The number of carbonyl (C=O) groups excluding carboxylic acids is 5. The van der Waals surface area contributed by atoms with E-state index in [1.165, 1.54) is 82.4 Å². The van der Waals surface area contributed by atoms with Crippen molar-refractivity contribution in [1.82, 2.24) is 4.98 Å². The Hall–Kier alpha value is -12.0. The lowest BCUT2D eigenvalue weighted by atomic mass is 9.86. The maximum atomic E-state index is 13.4. The molecule has 0 atom stereocenters. The summed E-state index contributed by atoms with van der Waals surface area (Å²) in [6.45, 7) is 17.7. The molecule has 4 amide bonds. The number of hydrogen-bond donors (Lipinski definition) is 9. The van der Waals surface area contributed by atoms with Gasteiger partial charge in [-0.05, 0) is 148 Å². The van der Waals surface area contributed by atoms with Gasteiger partial charge in [-0.25, -0.2) is 34.8 Å². The third-order valence-corrected chi connectivity index (χ3v) is 27.2. The third kappa shape index (κ3) is 26.3. The molecule has 10 N–H and O–H groups in total. The maximum Gasteiger partial charge on any atom is 0.348 e. The summed E-state index contributed by atoms with van der Waals surface area (Å²) in [6.07, 6.45) is 6.15. The Morgan fingerprint density at radius 3 is 1.06 bits per heavy atom. The summed E-state index contributed by atoms with van der Waals surface area (Å²) in [5.74, 6) is -3.14. The standard InChI is InChI=1S/C27H27ClN4O5S2.C21H22ClN3O6S2.C21H24ClN3O4S2.C10H6ClNO4S.C7H3Cl2NO4/c1-27(2,3)16-11-20(23(37-4)21(12-16)32-39(5,35)36)31-26(34)22-13-17-18(28)8-9-19(24(17)38-22)30-25(33)15-7-6-10-29-14-15;1-21(2,3)11-8-14(18(31-4)15(9-11)24-33(5,29)30)23-20(26)17-10-12-13(22)6-7-16(25(27)28)19(12)32-17;1-21(2,3)11-8-15(18(29-4)16(9-11)25-31(5,27)28)24-20(26)17-10-12-13(22)6-7-14(23)19(12)30-17;1-16-10(13)8-4-5-6(11)2-3-7(12(14)15)9(5)17-8;8-3-1-2-4(10(13)14)6(9)5(3)7(11)12/h6-14,32H,1-5H3,(H,30,33)(H,31,34);6-10,24H,1-5H3,(H,23,26);6-10,25H,23H2,1-5H3,(H,24,26);2-4H,1H3;1-2H,(H,11,12). The molecule has 0 spiro atoms. The largest absolute Gasteiger partial charge is 0.492 e. The first kappa shape index (κ1) is 106. The molecule has 8 aromatic carbocycles. The van der Waals surface area contributed by atoms with Gasteiger partial charge >= 0.3 is 11.9 Å². The average Bonchev–Trinajstić information content (AvgIpc) is 1.48. The van der Waals surface area contributed by atoms with Crippen LogP contribution in [0.1, 0.15) is 138 Å². The Bertz CT molecular complexity index is 7220. The number of aromatic carboxylic acids is 1. The van der Waals surface area contributed by atoms with Gasteiger partial charge in [0.25, 0.3) is 40.7 Å². The molecule has 35 nitrogen and oxygen atoms in total. The normalized spacial score (nSPS) is 11.5. The predicted molar refractivity (Wildman–Crippen MR) is 533 cm³/mol. The van der Waals surface area contributed by atoms with Crippen molar-refractivity contribution in [3.8, 4) is 17.2 Å². The van der Waals surface area contributed by atoms with Crippen LogP contribution in [0, 0.1) is 30.3 Å². The Labute approximate surface area is 812 Å². The first-order valence-corrected chi connectivity index (χ1v) is 49.6. The molecule has 0 aliphatic rings. The molecule has 134 heavy (non-hydrogen) atoms. The van der Waals surface area contributed by atoms with Crippen LogP contribution in [0.4, 0.5) is 62.6 Å². The fourth-order valence-corrected chi connectivity index (χ4v) is 19.9. The number of fused-ring (bicyclic) bond motifs is 4. The number of carbonyl (C=O) groups is 6. The lowest BCUT2D eigenvalue weighted by Crippen LogP contribution is -2.18. The number of methoxy groups -OCH3 is 4. The summed E-state index contributed by atoms with van der Waals surface area (Å²) in [7, 11) is -5.39. The number of nitrogens with two attached hydrogens (primary N) is 1. The van der Waals surface area contributed by atoms with E-state index in [1.54, 1.807) is 91.1 Å². The highest BCUT2D eigenvalue weighted by Gasteiger charge is 2.31. The fourth-order valence-electron chi connectivity index (χ4n) is 12.3. The zero-order chi connectivity index (χ0) is 99.8. The Morgan fingerprint density at radius 1 is 0.410 bits per heavy atom. The van der Waals surface area contributed by atoms with E-state index >= 15 is 0 Å². The van der Waals surface area contributed by atoms with Gasteiger partial charge in [-0.2, -0.15) is 0 Å². The number of nitrogen functional groups attached to an aromatic ring is 1. The van der Waals surface area contributed by atoms with Gasteiger partial charge < -0.3 is 51.1 Å². The van der Waals surface area contributed by atoms with Crippen molar-refractivity contribution in [1.29, 1.82) is 0 Å². The van der Waals surface area contributed by atoms with Crippen molar-refractivity contribution >= 4 is 283 Å². The maximum absolute atomic E-state index is 13.4. The number of non-ortho nitro benzene ring substituents is 2. The number of benzene rings is 8. The summed E-state index contributed by atoms with van der Waals surface area (Å²) < 4.78 is 102. The van der Waals surface area contributed by atoms with Crippen LogP contribution in [-0.2, 0) is 51.1 Å². The molecular weight excluding hydrogens is 2010 g/mol. The van der Waals surface area contributed by atoms with Gasteiger partial charge in [0, 0.05) is 77.9 Å². The van der Waals surface area contributed by atoms with E-state index in [9.17, 15) is 84.4 Å². The second-order valence-corrected chi connectivity index (χ2v) is 43.7. The summed E-state index contributed by atoms with van der Waals surface area (Å²) in [6, 6.07) is 34.3. The molecule has 0 aliphatic heterocycles. The second kappa shape index (κ2) is 42.7. The van der Waals surface area contributed by atoms with Gasteiger partial charge in [0.15, 0.2) is 17.2 Å². The van der Waals surface area contributed by atoms with Crippen LogP contribution in [0.15, 0.2) is 146 Å². The van der Waals surface area contributed by atoms with Gasteiger partial charge in [0.2, 0.25) is 30.1 Å². The van der Waals surface area contributed by atoms with E-state index in [-0.39, 0.29) is 99.1 Å². The van der Waals surface area contributed by atoms with E-state index < -0.39 is 84.9 Å². The number of halogens is 6. The molecule has 13 rings (SSSR count). The van der Waals surface area contributed by atoms with Crippen LogP contribution in [0.5, 0.6) is 17.2 Å². The van der Waals surface area contributed by atoms with E-state index in [2.05, 4.69) is 45.2 Å². The number of carboxylic acids is 1. The molecule has 0 aliphatic carbocycles. The topological polar surface area (TPSA) is 515 Å². The number of esters is 1. The highest BCUT2D eigenvalue weighted by molar-refractivity contribution is 7.92. The Kier molecular flexibility index (Phi) is 33.6. The highest BCUT2D eigenvalue weighted by atomic mass is 35.5. The Morgan fingerprint density at radius 2 is 0.724 bits per heavy atom. The SMILES string of the molecule is COC(=O)c1cc2c(Cl)ccc([N+](=O)[O-])c2s1.COc1c(NC(=O)c2cc3c(Cl)ccc(N)c3s2)cc(C(C)(C)C)cc1NS(C)(=O)=O.COc1c(NC(=O)c2cc3c(Cl)ccc(NC(=O)c4cccnc4)c3s2)cc(C(C)(C)C)cc1NS(C)(=O)=O.COc1c(NC(=O)c2cc3c(Cl)ccc([N+](=O)[O-])c3s2)cc(C(C)(C)C)cc1NS(C)(=O)=O.O=C(O)c1c(Cl)ccc([N+](=O)[O-])c1Cl. The van der Waals surface area contributed by atoms with Crippen molar-refractivity contribution in [2.45, 2.75) is 78.6 Å². The number of carboxylic acid groups (broad SMARTS) is 1. The zero-order valence-corrected chi connectivity index (χ0v) is 83.5. The molecule has 0 radical (unpaired) electrons. The number of rotatable bonds is 22. The number of nitro groups is 3. The minimum absolute atomic E-state index is 0.0652. The van der Waals surface area contributed by atoms with Crippen LogP contribution in [-0.4, -0.2) is 133 Å². The van der Waals surface area contributed by atoms with Crippen molar-refractivity contribution in [3.63, 3.8) is 0 Å². The first-order chi connectivity index (χ1) is 62.3. The lowest BCUT2D eigenvalue weighted by Gasteiger charge is -2.23. The quantitative estimate of drug-likeness (QED) is 0.0132. The van der Waals surface area contributed by atoms with Crippen LogP contribution >= 0.6 is 115 Å². The minimum Gasteiger partial charge on any atom is -0.492 e. The second-order valence-electron chi connectivity index (χ2n) is 31.8. The number of sulfonamides is 3. The number of nitro benzene ring substituents is 3. The fraction of sp³-hybridized carbons (Fsp3) is 0.221. The molecule has 0 saturated carbocycles. The number of nitrogens with one attached hydrogen (secondary N) is 7. The van der Waals surface area contributed by atoms with Gasteiger partial charge in [-0.3, -0.25) is 68.7 Å². The number of amides is 4. The van der Waals surface area contributed by atoms with Crippen LogP contribution < -0.4 is 55.4 Å². The molecule has 0 unspecified atom stereocenters. The summed E-state index contributed by atoms with van der Waals surface area (Å²) in [5, 5.41) is 55.7. The smallest absolute Gasteiger partial charge is 0.348 e. The first-order valence-electron chi connectivity index (χ1n) is 38.4. The number of hydrogen-bond acceptors (Lipinski definition) is 28. The van der Waals surface area contributed by atoms with Gasteiger partial charge in [-0.15, -0.1) is 45.3 Å². The van der Waals surface area contributed by atoms with Crippen LogP contribution in [0.3, 0.4) is 0 Å². The molecule has 708 valence electrons. The summed E-state index contributed by atoms with van der Waals surface area (Å²) >= 11 is 40.1. The summed E-state index contributed by atoms with van der Waals surface area (Å²) in [4.78, 5) is 110. The number of thiophene rings is 4. The molecular formula is C86H82Cl6N12O23S7.